The van der Waals surface area contributed by atoms with Crippen LogP contribution in [0.3, 0.4) is 0 Å². The van der Waals surface area contributed by atoms with Gasteiger partial charge in [-0.2, -0.15) is 0 Å². The van der Waals surface area contributed by atoms with Crippen molar-refractivity contribution in [2.75, 3.05) is 14.1 Å². The number of amides is 3. The molecule has 1 aromatic carbocycles. The van der Waals surface area contributed by atoms with Crippen LogP contribution in [0.5, 0.6) is 0 Å². The first kappa shape index (κ1) is 13.1. The fourth-order valence-electron chi connectivity index (χ4n) is 1.96. The number of rotatable bonds is 3. The van der Waals surface area contributed by atoms with E-state index in [4.69, 9.17) is 0 Å². The molecule has 0 spiro atoms. The van der Waals surface area contributed by atoms with Gasteiger partial charge in [-0.1, -0.05) is 29.8 Å². The molecule has 0 bridgehead atoms. The Morgan fingerprint density at radius 2 is 2.05 bits per heavy atom. The highest BCUT2D eigenvalue weighted by atomic mass is 16.2. The van der Waals surface area contributed by atoms with Crippen molar-refractivity contribution in [1.82, 2.24) is 15.1 Å². The van der Waals surface area contributed by atoms with Crippen LogP contribution in [0.2, 0.25) is 0 Å². The molecule has 5 heteroatoms. The van der Waals surface area contributed by atoms with Crippen molar-refractivity contribution in [3.63, 3.8) is 0 Å². The largest absolute Gasteiger partial charge is 0.382 e. The van der Waals surface area contributed by atoms with Crippen molar-refractivity contribution < 1.29 is 9.59 Å². The van der Waals surface area contributed by atoms with Crippen molar-refractivity contribution in [3.05, 3.63) is 47.3 Å². The summed E-state index contributed by atoms with van der Waals surface area (Å²) in [4.78, 5) is 26.8. The number of aryl methyl sites for hydroxylation is 1. The standard InChI is InChI=1S/C14H17N3O2/c1-10-5-4-6-11(7-10)8-17-13(18)12(9-16(2)3)15-14(17)19/h4-7,9H,8H2,1-3H3,(H,15,19)/b12-9-. The Bertz CT molecular complexity index is 549. The molecule has 19 heavy (non-hydrogen) atoms. The summed E-state index contributed by atoms with van der Waals surface area (Å²) in [6.45, 7) is 2.27. The maximum absolute atomic E-state index is 12.1. The van der Waals surface area contributed by atoms with Gasteiger partial charge in [0.05, 0.1) is 6.54 Å². The summed E-state index contributed by atoms with van der Waals surface area (Å²) in [6, 6.07) is 7.39. The summed E-state index contributed by atoms with van der Waals surface area (Å²) in [6.07, 6.45) is 1.61. The zero-order chi connectivity index (χ0) is 14.0. The van der Waals surface area contributed by atoms with Crippen LogP contribution < -0.4 is 5.32 Å². The summed E-state index contributed by atoms with van der Waals surface area (Å²) in [5, 5.41) is 2.58. The lowest BCUT2D eigenvalue weighted by molar-refractivity contribution is -0.123. The maximum atomic E-state index is 12.1. The Kier molecular flexibility index (Phi) is 3.55. The summed E-state index contributed by atoms with van der Waals surface area (Å²) in [5.41, 5.74) is 2.35. The average Bonchev–Trinajstić information content (AvgIpc) is 2.56. The SMILES string of the molecule is Cc1cccc(CN2C(=O)N/C(=C\N(C)C)C2=O)c1. The van der Waals surface area contributed by atoms with E-state index in [2.05, 4.69) is 5.32 Å². The van der Waals surface area contributed by atoms with Crippen LogP contribution in [0.25, 0.3) is 0 Å². The van der Waals surface area contributed by atoms with Gasteiger partial charge in [0.15, 0.2) is 0 Å². The van der Waals surface area contributed by atoms with Gasteiger partial charge in [0.1, 0.15) is 5.70 Å². The molecule has 0 radical (unpaired) electrons. The number of nitrogens with zero attached hydrogens (tertiary/aromatic N) is 2. The lowest BCUT2D eigenvalue weighted by Gasteiger charge is -2.12. The molecule has 100 valence electrons. The molecule has 2 rings (SSSR count). The molecule has 0 aliphatic carbocycles. The first-order valence-corrected chi connectivity index (χ1v) is 6.04. The van der Waals surface area contributed by atoms with Crippen molar-refractivity contribution in [1.29, 1.82) is 0 Å². The fraction of sp³-hybridized carbons (Fsp3) is 0.286. The van der Waals surface area contributed by atoms with Gasteiger partial charge in [-0.3, -0.25) is 9.69 Å². The minimum atomic E-state index is -0.375. The highest BCUT2D eigenvalue weighted by molar-refractivity contribution is 6.11. The molecule has 1 saturated heterocycles. The third-order valence-electron chi connectivity index (χ3n) is 2.77. The molecule has 1 heterocycles. The van der Waals surface area contributed by atoms with E-state index in [1.807, 2.05) is 31.2 Å². The van der Waals surface area contributed by atoms with Crippen LogP contribution >= 0.6 is 0 Å². The van der Waals surface area contributed by atoms with Crippen molar-refractivity contribution in [2.24, 2.45) is 0 Å². The minimum Gasteiger partial charge on any atom is -0.382 e. The smallest absolute Gasteiger partial charge is 0.329 e. The van der Waals surface area contributed by atoms with Gasteiger partial charge in [0.25, 0.3) is 5.91 Å². The quantitative estimate of drug-likeness (QED) is 0.660. The van der Waals surface area contributed by atoms with E-state index in [1.54, 1.807) is 25.2 Å². The number of carbonyl (C=O) groups excluding carboxylic acids is 2. The summed E-state index contributed by atoms with van der Waals surface area (Å²) < 4.78 is 0. The number of imide groups is 1. The highest BCUT2D eigenvalue weighted by Crippen LogP contribution is 2.15. The molecule has 0 saturated carbocycles. The first-order chi connectivity index (χ1) is 8.97. The third-order valence-corrected chi connectivity index (χ3v) is 2.77. The molecule has 1 aliphatic heterocycles. The van der Waals surface area contributed by atoms with E-state index in [1.165, 1.54) is 4.90 Å². The number of hydrogen-bond donors (Lipinski definition) is 1. The van der Waals surface area contributed by atoms with Crippen LogP contribution in [0, 0.1) is 6.92 Å². The topological polar surface area (TPSA) is 52.7 Å². The van der Waals surface area contributed by atoms with Crippen LogP contribution in [0.1, 0.15) is 11.1 Å². The van der Waals surface area contributed by atoms with Gasteiger partial charge in [-0.25, -0.2) is 4.79 Å². The second-order valence-electron chi connectivity index (χ2n) is 4.82. The first-order valence-electron chi connectivity index (χ1n) is 6.04. The Balaban J connectivity index is 2.18. The van der Waals surface area contributed by atoms with Crippen LogP contribution in [-0.4, -0.2) is 35.8 Å². The number of hydrogen-bond acceptors (Lipinski definition) is 3. The fourth-order valence-corrected chi connectivity index (χ4v) is 1.96. The van der Waals surface area contributed by atoms with Gasteiger partial charge in [-0.05, 0) is 12.5 Å². The summed E-state index contributed by atoms with van der Waals surface area (Å²) >= 11 is 0. The normalized spacial score (nSPS) is 17.0. The molecule has 1 aliphatic rings. The predicted octanol–water partition coefficient (Wildman–Crippen LogP) is 1.45. The Morgan fingerprint density at radius 3 is 2.68 bits per heavy atom. The molecule has 0 atom stereocenters. The van der Waals surface area contributed by atoms with Crippen LogP contribution in [0.15, 0.2) is 36.2 Å². The van der Waals surface area contributed by atoms with Crippen molar-refractivity contribution in [2.45, 2.75) is 13.5 Å². The zero-order valence-electron chi connectivity index (χ0n) is 11.3. The monoisotopic (exact) mass is 259 g/mol. The van der Waals surface area contributed by atoms with E-state index in [0.29, 0.717) is 5.70 Å². The average molecular weight is 259 g/mol. The second-order valence-corrected chi connectivity index (χ2v) is 4.82. The summed E-state index contributed by atoms with van der Waals surface area (Å²) in [7, 11) is 3.60. The van der Waals surface area contributed by atoms with Gasteiger partial charge >= 0.3 is 6.03 Å². The summed E-state index contributed by atoms with van der Waals surface area (Å²) in [5.74, 6) is -0.291. The highest BCUT2D eigenvalue weighted by Gasteiger charge is 2.33. The van der Waals surface area contributed by atoms with Crippen molar-refractivity contribution >= 4 is 11.9 Å². The van der Waals surface area contributed by atoms with Crippen molar-refractivity contribution in [3.8, 4) is 0 Å². The van der Waals surface area contributed by atoms with Gasteiger partial charge in [0.2, 0.25) is 0 Å². The van der Waals surface area contributed by atoms with Gasteiger partial charge in [-0.15, -0.1) is 0 Å². The molecule has 1 aromatic rings. The minimum absolute atomic E-state index is 0.289. The van der Waals surface area contributed by atoms with E-state index >= 15 is 0 Å². The number of nitrogens with one attached hydrogen (secondary N) is 1. The van der Waals surface area contributed by atoms with Gasteiger partial charge < -0.3 is 10.2 Å². The van der Waals surface area contributed by atoms with Crippen LogP contribution in [0.4, 0.5) is 4.79 Å². The number of urea groups is 1. The Labute approximate surface area is 112 Å². The van der Waals surface area contributed by atoms with E-state index in [-0.39, 0.29) is 18.5 Å². The molecular weight excluding hydrogens is 242 g/mol. The van der Waals surface area contributed by atoms with E-state index in [0.717, 1.165) is 11.1 Å². The molecule has 5 nitrogen and oxygen atoms in total. The van der Waals surface area contributed by atoms with E-state index in [9.17, 15) is 9.59 Å². The third kappa shape index (κ3) is 2.93. The molecule has 3 amide bonds. The molecular formula is C14H17N3O2. The molecule has 0 unspecified atom stereocenters. The molecule has 1 fully saturated rings. The van der Waals surface area contributed by atoms with Gasteiger partial charge in [0, 0.05) is 20.3 Å². The zero-order valence-corrected chi connectivity index (χ0v) is 11.3. The molecule has 0 aromatic heterocycles. The molecule has 1 N–H and O–H groups in total. The second kappa shape index (κ2) is 5.14. The maximum Gasteiger partial charge on any atom is 0.329 e. The van der Waals surface area contributed by atoms with E-state index < -0.39 is 0 Å². The predicted molar refractivity (Wildman–Crippen MR) is 72.0 cm³/mol. The lowest BCUT2D eigenvalue weighted by Crippen LogP contribution is -2.30. The number of carbonyl (C=O) groups is 2. The Hall–Kier alpha value is -2.30. The van der Waals surface area contributed by atoms with Crippen LogP contribution in [-0.2, 0) is 11.3 Å². The number of benzene rings is 1. The Morgan fingerprint density at radius 1 is 1.32 bits per heavy atom. The lowest BCUT2D eigenvalue weighted by atomic mass is 10.1.